The molecule has 1 amide bonds. The molecule has 8 heteroatoms. The van der Waals surface area contributed by atoms with Crippen LogP contribution in [0.25, 0.3) is 10.9 Å². The first kappa shape index (κ1) is 30.8. The summed E-state index contributed by atoms with van der Waals surface area (Å²) < 4.78 is 29.2. The molecule has 3 aromatic rings. The van der Waals surface area contributed by atoms with Crippen molar-refractivity contribution in [3.05, 3.63) is 64.9 Å². The van der Waals surface area contributed by atoms with Crippen LogP contribution in [0.2, 0.25) is 0 Å². The Hall–Kier alpha value is -2.63. The van der Waals surface area contributed by atoms with Crippen LogP contribution in [0.5, 0.6) is 0 Å². The molecule has 2 N–H and O–H groups in total. The van der Waals surface area contributed by atoms with Crippen LogP contribution in [0.3, 0.4) is 0 Å². The van der Waals surface area contributed by atoms with Gasteiger partial charge in [0.05, 0.1) is 11.6 Å². The Kier molecular flexibility index (Phi) is 8.66. The number of aromatic amines is 1. The molecule has 2 heterocycles. The molecule has 2 atom stereocenters. The summed E-state index contributed by atoms with van der Waals surface area (Å²) in [6.07, 6.45) is 16.9. The number of halogens is 2. The summed E-state index contributed by atoms with van der Waals surface area (Å²) >= 11 is 0. The van der Waals surface area contributed by atoms with Gasteiger partial charge in [0.1, 0.15) is 11.6 Å². The molecule has 1 aromatic heterocycles. The zero-order chi connectivity index (χ0) is 27.6. The lowest BCUT2D eigenvalue weighted by Crippen LogP contribution is -2.54. The highest BCUT2D eigenvalue weighted by Gasteiger charge is 2.51. The minimum Gasteiger partial charge on any atom is -0.380 e. The van der Waals surface area contributed by atoms with Gasteiger partial charge in [-0.05, 0) is 104 Å². The zero-order valence-corrected chi connectivity index (χ0v) is 26.1. The average Bonchev–Trinajstić information content (AvgIpc) is 3.28. The monoisotopic (exact) mass is 609 g/mol. The largest absolute Gasteiger partial charge is 0.380 e. The van der Waals surface area contributed by atoms with E-state index < -0.39 is 17.7 Å². The van der Waals surface area contributed by atoms with E-state index in [0.717, 1.165) is 65.6 Å². The van der Waals surface area contributed by atoms with Gasteiger partial charge in [-0.15, -0.1) is 6.42 Å². The summed E-state index contributed by atoms with van der Waals surface area (Å²) in [7, 11) is 0. The molecular weight excluding hydrogens is 569 g/mol. The minimum absolute atomic E-state index is 0. The van der Waals surface area contributed by atoms with E-state index >= 15 is 0 Å². The number of hydrogen-bond acceptors (Lipinski definition) is 2. The Bertz CT molecular complexity index is 1480. The van der Waals surface area contributed by atoms with Crippen molar-refractivity contribution < 1.29 is 13.6 Å². The smallest absolute Gasteiger partial charge is 0.299 e. The standard InChI is InChI=1S/C34H37F2N3O.2H2S/c1-3-5-6-26-16-28-27-14-24(35)15-29(36)31(27)37-32(28)33(39(26)30(40)4-2)23-7-9-25(10-8-23)38-34-17-20-11-21(18-34)13-22(12-20)19-34;;/h2,7-10,14-15,20-22,26,33,37-38H,3,5-6,11-13,16-19H2,1H3;2*1H2/t20?,21?,22?,26-,33-,34?;;/m0../s1. The van der Waals surface area contributed by atoms with Gasteiger partial charge in [0.25, 0.3) is 5.91 Å². The fourth-order valence-corrected chi connectivity index (χ4v) is 9.12. The summed E-state index contributed by atoms with van der Waals surface area (Å²) in [5.41, 5.74) is 4.08. The number of fused-ring (bicyclic) bond motifs is 3. The third-order valence-electron chi connectivity index (χ3n) is 10.3. The molecule has 0 saturated heterocycles. The maximum atomic E-state index is 14.9. The Morgan fingerprint density at radius 2 is 1.71 bits per heavy atom. The number of nitrogens with one attached hydrogen (secondary N) is 2. The number of unbranched alkanes of at least 4 members (excludes halogenated alkanes) is 1. The number of nitrogens with zero attached hydrogens (tertiary/aromatic N) is 1. The van der Waals surface area contributed by atoms with Gasteiger partial charge < -0.3 is 15.2 Å². The van der Waals surface area contributed by atoms with Gasteiger partial charge in [-0.3, -0.25) is 4.79 Å². The molecule has 0 spiro atoms. The molecule has 4 bridgehead atoms. The maximum Gasteiger partial charge on any atom is 0.299 e. The summed E-state index contributed by atoms with van der Waals surface area (Å²) in [5, 5.41) is 4.49. The Morgan fingerprint density at radius 1 is 1.07 bits per heavy atom. The highest BCUT2D eigenvalue weighted by Crippen LogP contribution is 2.56. The van der Waals surface area contributed by atoms with Gasteiger partial charge in [-0.1, -0.05) is 31.9 Å². The van der Waals surface area contributed by atoms with Gasteiger partial charge in [0.2, 0.25) is 0 Å². The van der Waals surface area contributed by atoms with Crippen LogP contribution in [0.1, 0.15) is 87.6 Å². The Labute approximate surface area is 261 Å². The molecule has 5 aliphatic rings. The van der Waals surface area contributed by atoms with Crippen LogP contribution in [-0.4, -0.2) is 27.4 Å². The van der Waals surface area contributed by atoms with E-state index in [4.69, 9.17) is 6.42 Å². The molecule has 8 rings (SSSR count). The van der Waals surface area contributed by atoms with Crippen LogP contribution < -0.4 is 5.32 Å². The molecule has 4 nitrogen and oxygen atoms in total. The number of benzene rings is 2. The third kappa shape index (κ3) is 5.21. The predicted molar refractivity (Wildman–Crippen MR) is 174 cm³/mol. The summed E-state index contributed by atoms with van der Waals surface area (Å²) in [6, 6.07) is 10.0. The second-order valence-electron chi connectivity index (χ2n) is 13.0. The van der Waals surface area contributed by atoms with Crippen molar-refractivity contribution in [3.8, 4) is 12.3 Å². The molecule has 42 heavy (non-hydrogen) atoms. The van der Waals surface area contributed by atoms with E-state index in [2.05, 4.69) is 47.4 Å². The lowest BCUT2D eigenvalue weighted by Gasteiger charge is -2.57. The number of amides is 1. The number of anilines is 1. The van der Waals surface area contributed by atoms with E-state index in [0.29, 0.717) is 11.8 Å². The number of rotatable bonds is 6. The van der Waals surface area contributed by atoms with Crippen molar-refractivity contribution in [3.63, 3.8) is 0 Å². The lowest BCUT2D eigenvalue weighted by molar-refractivity contribution is -0.130. The van der Waals surface area contributed by atoms with Crippen LogP contribution in [0.15, 0.2) is 36.4 Å². The van der Waals surface area contributed by atoms with Gasteiger partial charge in [0, 0.05) is 34.4 Å². The van der Waals surface area contributed by atoms with Crippen molar-refractivity contribution in [1.29, 1.82) is 0 Å². The fraction of sp³-hybridized carbons (Fsp3) is 0.500. The van der Waals surface area contributed by atoms with Crippen molar-refractivity contribution in [1.82, 2.24) is 9.88 Å². The third-order valence-corrected chi connectivity index (χ3v) is 10.3. The molecule has 2 aromatic carbocycles. The topological polar surface area (TPSA) is 48.1 Å². The number of carbonyl (C=O) groups is 1. The Balaban J connectivity index is 0.00000176. The first-order valence-corrected chi connectivity index (χ1v) is 15.0. The summed E-state index contributed by atoms with van der Waals surface area (Å²) in [6.45, 7) is 2.12. The van der Waals surface area contributed by atoms with E-state index in [1.807, 2.05) is 0 Å². The van der Waals surface area contributed by atoms with E-state index in [1.54, 1.807) is 4.90 Å². The zero-order valence-electron chi connectivity index (χ0n) is 24.1. The first-order chi connectivity index (χ1) is 19.4. The quantitative estimate of drug-likeness (QED) is 0.281. The van der Waals surface area contributed by atoms with Gasteiger partial charge >= 0.3 is 0 Å². The van der Waals surface area contributed by atoms with Gasteiger partial charge in [-0.25, -0.2) is 8.78 Å². The van der Waals surface area contributed by atoms with Gasteiger partial charge in [0.15, 0.2) is 0 Å². The maximum absolute atomic E-state index is 14.9. The van der Waals surface area contributed by atoms with E-state index in [1.165, 1.54) is 44.6 Å². The predicted octanol–water partition coefficient (Wildman–Crippen LogP) is 7.72. The van der Waals surface area contributed by atoms with Gasteiger partial charge in [-0.2, -0.15) is 27.0 Å². The summed E-state index contributed by atoms with van der Waals surface area (Å²) in [5.74, 6) is 3.31. The second-order valence-corrected chi connectivity index (χ2v) is 13.0. The van der Waals surface area contributed by atoms with E-state index in [9.17, 15) is 13.6 Å². The molecule has 4 aliphatic carbocycles. The SMILES string of the molecule is C#CC(=O)N1[C@@H](CCCC)Cc2c([nH]c3c(F)cc(F)cc23)[C@@H]1c1ccc(NC23CC4CC(CC(C4)C2)C3)cc1.S.S. The minimum atomic E-state index is -0.627. The molecule has 0 radical (unpaired) electrons. The van der Waals surface area contributed by atoms with Crippen LogP contribution in [-0.2, 0) is 11.2 Å². The molecule has 1 aliphatic heterocycles. The molecule has 4 saturated carbocycles. The highest BCUT2D eigenvalue weighted by molar-refractivity contribution is 7.59. The molecule has 4 fully saturated rings. The van der Waals surface area contributed by atoms with E-state index in [-0.39, 0.29) is 50.0 Å². The number of H-pyrrole nitrogens is 1. The fourth-order valence-electron chi connectivity index (χ4n) is 9.12. The Morgan fingerprint density at radius 3 is 2.31 bits per heavy atom. The molecular formula is C34H41F2N3OS2. The summed E-state index contributed by atoms with van der Waals surface area (Å²) in [4.78, 5) is 18.3. The first-order valence-electron chi connectivity index (χ1n) is 15.0. The average molecular weight is 610 g/mol. The molecule has 0 unspecified atom stereocenters. The number of terminal acetylenes is 1. The normalized spacial score (nSPS) is 28.9. The van der Waals surface area contributed by atoms with Crippen molar-refractivity contribution in [2.45, 2.75) is 88.8 Å². The van der Waals surface area contributed by atoms with Crippen LogP contribution in [0, 0.1) is 41.7 Å². The molecule has 224 valence electrons. The number of hydrogen-bond donors (Lipinski definition) is 2. The van der Waals surface area contributed by atoms with Crippen molar-refractivity contribution in [2.24, 2.45) is 17.8 Å². The van der Waals surface area contributed by atoms with Crippen molar-refractivity contribution >= 4 is 49.5 Å². The van der Waals surface area contributed by atoms with Crippen molar-refractivity contribution in [2.75, 3.05) is 5.32 Å². The van der Waals surface area contributed by atoms with Crippen LogP contribution >= 0.6 is 27.0 Å². The number of carbonyl (C=O) groups excluding carboxylic acids is 1. The number of aromatic nitrogens is 1. The highest BCUT2D eigenvalue weighted by atomic mass is 32.1. The lowest BCUT2D eigenvalue weighted by atomic mass is 9.53. The second kappa shape index (κ2) is 11.8. The van der Waals surface area contributed by atoms with Crippen LogP contribution in [0.4, 0.5) is 14.5 Å².